The summed E-state index contributed by atoms with van der Waals surface area (Å²) in [6, 6.07) is 0. The lowest BCUT2D eigenvalue weighted by Gasteiger charge is -2.36. The lowest BCUT2D eigenvalue weighted by molar-refractivity contribution is -0.169. The van der Waals surface area contributed by atoms with Crippen LogP contribution in [0.2, 0.25) is 0 Å². The number of carboxylic acids is 2. The fraction of sp³-hybridized carbons (Fsp3) is 0.800. The Bertz CT molecular complexity index is 233. The van der Waals surface area contributed by atoms with Gasteiger partial charge in [-0.25, -0.2) is 0 Å². The summed E-state index contributed by atoms with van der Waals surface area (Å²) in [5.41, 5.74) is -1.54. The van der Waals surface area contributed by atoms with Crippen LogP contribution in [-0.2, 0) is 9.59 Å². The number of rotatable bonds is 2. The van der Waals surface area contributed by atoms with Gasteiger partial charge in [0, 0.05) is 0 Å². The molecule has 0 aliphatic heterocycles. The third-order valence-electron chi connectivity index (χ3n) is 3.02. The molecule has 0 aromatic heterocycles. The number of carboxylic acid groups (broad SMARTS) is 2. The summed E-state index contributed by atoms with van der Waals surface area (Å²) in [4.78, 5) is 22.1. The van der Waals surface area contributed by atoms with E-state index >= 15 is 0 Å². The molecular formula is C10H16O4. The van der Waals surface area contributed by atoms with Crippen LogP contribution >= 0.6 is 0 Å². The van der Waals surface area contributed by atoms with Crippen LogP contribution in [0, 0.1) is 17.3 Å². The molecule has 0 amide bonds. The zero-order valence-electron chi connectivity index (χ0n) is 8.49. The minimum atomic E-state index is -1.54. The molecule has 1 saturated carbocycles. The molecule has 0 saturated heterocycles. The molecular weight excluding hydrogens is 184 g/mol. The Balaban J connectivity index is 2.97. The lowest BCUT2D eigenvalue weighted by Crippen LogP contribution is -2.45. The molecule has 4 nitrogen and oxygen atoms in total. The maximum Gasteiger partial charge on any atom is 0.321 e. The van der Waals surface area contributed by atoms with Crippen molar-refractivity contribution in [1.82, 2.24) is 0 Å². The third kappa shape index (κ3) is 1.74. The van der Waals surface area contributed by atoms with Gasteiger partial charge in [-0.05, 0) is 31.1 Å². The standard InChI is InChI=1S/C10H16O4/c1-6-3-7(2)5-10(4-6,8(11)12)9(13)14/h6-7H,3-5H2,1-2H3,(H,11,12)(H,13,14)/t6-,7+. The van der Waals surface area contributed by atoms with Crippen LogP contribution < -0.4 is 0 Å². The second-order valence-electron chi connectivity index (χ2n) is 4.55. The predicted molar refractivity (Wildman–Crippen MR) is 49.9 cm³/mol. The van der Waals surface area contributed by atoms with Gasteiger partial charge in [0.25, 0.3) is 0 Å². The summed E-state index contributed by atoms with van der Waals surface area (Å²) in [5.74, 6) is -2.04. The third-order valence-corrected chi connectivity index (χ3v) is 3.02. The molecule has 0 aromatic carbocycles. The van der Waals surface area contributed by atoms with E-state index < -0.39 is 17.4 Å². The van der Waals surface area contributed by atoms with Crippen molar-refractivity contribution in [2.45, 2.75) is 33.1 Å². The lowest BCUT2D eigenvalue weighted by atomic mass is 9.66. The molecule has 1 rings (SSSR count). The minimum absolute atomic E-state index is 0.172. The molecule has 1 fully saturated rings. The number of aliphatic carboxylic acids is 2. The van der Waals surface area contributed by atoms with Gasteiger partial charge >= 0.3 is 11.9 Å². The van der Waals surface area contributed by atoms with Crippen molar-refractivity contribution in [3.05, 3.63) is 0 Å². The fourth-order valence-corrected chi connectivity index (χ4v) is 2.57. The van der Waals surface area contributed by atoms with Crippen LogP contribution in [0.1, 0.15) is 33.1 Å². The van der Waals surface area contributed by atoms with Crippen molar-refractivity contribution in [2.75, 3.05) is 0 Å². The number of hydrogen-bond acceptors (Lipinski definition) is 2. The second kappa shape index (κ2) is 3.59. The van der Waals surface area contributed by atoms with Gasteiger partial charge in [0.15, 0.2) is 5.41 Å². The highest BCUT2D eigenvalue weighted by molar-refractivity contribution is 5.98. The predicted octanol–water partition coefficient (Wildman–Crippen LogP) is 1.60. The van der Waals surface area contributed by atoms with Gasteiger partial charge in [-0.15, -0.1) is 0 Å². The minimum Gasteiger partial charge on any atom is -0.480 e. The van der Waals surface area contributed by atoms with Crippen molar-refractivity contribution in [2.24, 2.45) is 17.3 Å². The largest absolute Gasteiger partial charge is 0.480 e. The molecule has 4 heteroatoms. The Hall–Kier alpha value is -1.06. The summed E-state index contributed by atoms with van der Waals surface area (Å²) in [5, 5.41) is 18.0. The molecule has 1 aliphatic rings. The highest BCUT2D eigenvalue weighted by Gasteiger charge is 2.50. The monoisotopic (exact) mass is 200 g/mol. The van der Waals surface area contributed by atoms with Gasteiger partial charge in [0.1, 0.15) is 0 Å². The van der Waals surface area contributed by atoms with Crippen LogP contribution in [0.25, 0.3) is 0 Å². The smallest absolute Gasteiger partial charge is 0.321 e. The van der Waals surface area contributed by atoms with Crippen LogP contribution in [0.3, 0.4) is 0 Å². The number of carbonyl (C=O) groups is 2. The average Bonchev–Trinajstić information content (AvgIpc) is 2.01. The van der Waals surface area contributed by atoms with Crippen molar-refractivity contribution < 1.29 is 19.8 Å². The average molecular weight is 200 g/mol. The summed E-state index contributed by atoms with van der Waals surface area (Å²) >= 11 is 0. The zero-order chi connectivity index (χ0) is 10.9. The molecule has 0 unspecified atom stereocenters. The molecule has 0 bridgehead atoms. The molecule has 0 spiro atoms. The van der Waals surface area contributed by atoms with Crippen molar-refractivity contribution >= 4 is 11.9 Å². The van der Waals surface area contributed by atoms with Crippen molar-refractivity contribution in [3.63, 3.8) is 0 Å². The highest BCUT2D eigenvalue weighted by atomic mass is 16.4. The van der Waals surface area contributed by atoms with E-state index in [0.29, 0.717) is 0 Å². The second-order valence-corrected chi connectivity index (χ2v) is 4.55. The molecule has 0 radical (unpaired) electrons. The Morgan fingerprint density at radius 2 is 1.43 bits per heavy atom. The van der Waals surface area contributed by atoms with E-state index in [2.05, 4.69) is 0 Å². The van der Waals surface area contributed by atoms with Gasteiger partial charge < -0.3 is 10.2 Å². The van der Waals surface area contributed by atoms with Crippen LogP contribution in [-0.4, -0.2) is 22.2 Å². The maximum absolute atomic E-state index is 11.0. The first kappa shape index (κ1) is 11.0. The van der Waals surface area contributed by atoms with Crippen LogP contribution in [0.15, 0.2) is 0 Å². The van der Waals surface area contributed by atoms with Gasteiger partial charge in [-0.2, -0.15) is 0 Å². The zero-order valence-corrected chi connectivity index (χ0v) is 8.49. The van der Waals surface area contributed by atoms with Crippen LogP contribution in [0.4, 0.5) is 0 Å². The molecule has 80 valence electrons. The molecule has 0 heterocycles. The van der Waals surface area contributed by atoms with E-state index in [1.807, 2.05) is 13.8 Å². The Kier molecular flexibility index (Phi) is 2.83. The first-order chi connectivity index (χ1) is 6.38. The molecule has 14 heavy (non-hydrogen) atoms. The molecule has 2 atom stereocenters. The van der Waals surface area contributed by atoms with Gasteiger partial charge in [-0.1, -0.05) is 13.8 Å². The highest BCUT2D eigenvalue weighted by Crippen LogP contribution is 2.42. The molecule has 2 N–H and O–H groups in total. The molecule has 1 aliphatic carbocycles. The van der Waals surface area contributed by atoms with E-state index in [4.69, 9.17) is 10.2 Å². The van der Waals surface area contributed by atoms with Crippen molar-refractivity contribution in [1.29, 1.82) is 0 Å². The van der Waals surface area contributed by atoms with E-state index in [1.165, 1.54) is 0 Å². The normalized spacial score (nSPS) is 31.0. The van der Waals surface area contributed by atoms with E-state index in [0.717, 1.165) is 6.42 Å². The van der Waals surface area contributed by atoms with Gasteiger partial charge in [0.05, 0.1) is 0 Å². The van der Waals surface area contributed by atoms with E-state index in [-0.39, 0.29) is 24.7 Å². The van der Waals surface area contributed by atoms with Crippen LogP contribution in [0.5, 0.6) is 0 Å². The Morgan fingerprint density at radius 3 is 1.71 bits per heavy atom. The fourth-order valence-electron chi connectivity index (χ4n) is 2.57. The summed E-state index contributed by atoms with van der Waals surface area (Å²) in [6.45, 7) is 3.83. The Morgan fingerprint density at radius 1 is 1.07 bits per heavy atom. The quantitative estimate of drug-likeness (QED) is 0.664. The van der Waals surface area contributed by atoms with Gasteiger partial charge in [0.2, 0.25) is 0 Å². The summed E-state index contributed by atoms with van der Waals surface area (Å²) in [6.07, 6.45) is 1.42. The molecule has 0 aromatic rings. The maximum atomic E-state index is 11.0. The van der Waals surface area contributed by atoms with E-state index in [1.54, 1.807) is 0 Å². The Labute approximate surface area is 82.9 Å². The summed E-state index contributed by atoms with van der Waals surface area (Å²) < 4.78 is 0. The number of hydrogen-bond donors (Lipinski definition) is 2. The van der Waals surface area contributed by atoms with Gasteiger partial charge in [-0.3, -0.25) is 9.59 Å². The van der Waals surface area contributed by atoms with Crippen molar-refractivity contribution in [3.8, 4) is 0 Å². The SMILES string of the molecule is C[C@@H]1C[C@H](C)CC(C(=O)O)(C(=O)O)C1. The first-order valence-corrected chi connectivity index (χ1v) is 4.85. The first-order valence-electron chi connectivity index (χ1n) is 4.85. The topological polar surface area (TPSA) is 74.6 Å². The van der Waals surface area contributed by atoms with E-state index in [9.17, 15) is 9.59 Å². The summed E-state index contributed by atoms with van der Waals surface area (Å²) in [7, 11) is 0.